The van der Waals surface area contributed by atoms with E-state index in [0.717, 1.165) is 0 Å². The predicted molar refractivity (Wildman–Crippen MR) is 82.0 cm³/mol. The Kier molecular flexibility index (Phi) is 3.67. The standard InChI is InChI=1S/C18H16O4/c1-3-22-14-9-8-11(10-15(14)21-2)16-17(19)12-6-4-5-7-13(12)18(16)20/h4-10,16H,3H2,1-2H3. The summed E-state index contributed by atoms with van der Waals surface area (Å²) in [7, 11) is 1.54. The molecule has 2 aromatic carbocycles. The normalized spacial score (nSPS) is 14.1. The summed E-state index contributed by atoms with van der Waals surface area (Å²) in [5.41, 5.74) is 1.61. The zero-order chi connectivity index (χ0) is 15.7. The number of carbonyl (C=O) groups is 2. The first-order valence-corrected chi connectivity index (χ1v) is 7.15. The van der Waals surface area contributed by atoms with Crippen molar-refractivity contribution in [2.24, 2.45) is 0 Å². The van der Waals surface area contributed by atoms with Gasteiger partial charge in [0.2, 0.25) is 0 Å². The van der Waals surface area contributed by atoms with Crippen LogP contribution in [-0.2, 0) is 0 Å². The van der Waals surface area contributed by atoms with Crippen LogP contribution in [-0.4, -0.2) is 25.3 Å². The monoisotopic (exact) mass is 296 g/mol. The molecular weight excluding hydrogens is 280 g/mol. The average molecular weight is 296 g/mol. The van der Waals surface area contributed by atoms with Crippen LogP contribution in [0.1, 0.15) is 39.1 Å². The molecule has 4 nitrogen and oxygen atoms in total. The molecule has 1 aliphatic carbocycles. The zero-order valence-corrected chi connectivity index (χ0v) is 12.5. The molecule has 1 aliphatic rings. The molecule has 0 aliphatic heterocycles. The fourth-order valence-electron chi connectivity index (χ4n) is 2.78. The van der Waals surface area contributed by atoms with Crippen molar-refractivity contribution in [1.82, 2.24) is 0 Å². The smallest absolute Gasteiger partial charge is 0.178 e. The summed E-state index contributed by atoms with van der Waals surface area (Å²) in [5.74, 6) is 0.0145. The average Bonchev–Trinajstić information content (AvgIpc) is 2.80. The summed E-state index contributed by atoms with van der Waals surface area (Å²) in [5, 5.41) is 0. The molecule has 0 atom stereocenters. The fraction of sp³-hybridized carbons (Fsp3) is 0.222. The molecule has 0 fully saturated rings. The topological polar surface area (TPSA) is 52.6 Å². The number of hydrogen-bond acceptors (Lipinski definition) is 4. The summed E-state index contributed by atoms with van der Waals surface area (Å²) in [6.07, 6.45) is 0. The van der Waals surface area contributed by atoms with Crippen molar-refractivity contribution in [3.63, 3.8) is 0 Å². The lowest BCUT2D eigenvalue weighted by atomic mass is 9.94. The molecule has 0 unspecified atom stereocenters. The van der Waals surface area contributed by atoms with E-state index in [1.165, 1.54) is 7.11 Å². The zero-order valence-electron chi connectivity index (χ0n) is 12.5. The van der Waals surface area contributed by atoms with E-state index in [9.17, 15) is 9.59 Å². The SMILES string of the molecule is CCOc1ccc(C2C(=O)c3ccccc3C2=O)cc1OC. The van der Waals surface area contributed by atoms with Gasteiger partial charge >= 0.3 is 0 Å². The van der Waals surface area contributed by atoms with Crippen molar-refractivity contribution in [3.8, 4) is 11.5 Å². The van der Waals surface area contributed by atoms with E-state index in [0.29, 0.717) is 34.8 Å². The van der Waals surface area contributed by atoms with Crippen LogP contribution < -0.4 is 9.47 Å². The maximum atomic E-state index is 12.5. The molecule has 0 N–H and O–H groups in total. The Morgan fingerprint density at radius 1 is 0.955 bits per heavy atom. The van der Waals surface area contributed by atoms with Crippen LogP contribution in [0.15, 0.2) is 42.5 Å². The van der Waals surface area contributed by atoms with Gasteiger partial charge in [-0.3, -0.25) is 9.59 Å². The Morgan fingerprint density at radius 2 is 1.59 bits per heavy atom. The molecule has 3 rings (SSSR count). The minimum absolute atomic E-state index is 0.160. The van der Waals surface area contributed by atoms with Gasteiger partial charge in [0.05, 0.1) is 13.7 Å². The van der Waals surface area contributed by atoms with Crippen molar-refractivity contribution in [1.29, 1.82) is 0 Å². The second-order valence-corrected chi connectivity index (χ2v) is 5.05. The first-order chi connectivity index (χ1) is 10.7. The van der Waals surface area contributed by atoms with Gasteiger partial charge in [-0.2, -0.15) is 0 Å². The van der Waals surface area contributed by atoms with Gasteiger partial charge in [-0.05, 0) is 24.6 Å². The molecule has 2 aromatic rings. The third-order valence-corrected chi connectivity index (χ3v) is 3.80. The van der Waals surface area contributed by atoms with Crippen molar-refractivity contribution >= 4 is 11.6 Å². The van der Waals surface area contributed by atoms with E-state index in [2.05, 4.69) is 0 Å². The number of fused-ring (bicyclic) bond motifs is 1. The van der Waals surface area contributed by atoms with Crippen LogP contribution in [0.2, 0.25) is 0 Å². The Balaban J connectivity index is 2.02. The summed E-state index contributed by atoms with van der Waals surface area (Å²) >= 11 is 0. The highest BCUT2D eigenvalue weighted by molar-refractivity contribution is 6.29. The number of carbonyl (C=O) groups excluding carboxylic acids is 2. The van der Waals surface area contributed by atoms with E-state index in [1.54, 1.807) is 42.5 Å². The Morgan fingerprint density at radius 3 is 2.14 bits per heavy atom. The quantitative estimate of drug-likeness (QED) is 0.813. The number of ether oxygens (including phenoxy) is 2. The van der Waals surface area contributed by atoms with Gasteiger partial charge in [-0.25, -0.2) is 0 Å². The first kappa shape index (κ1) is 14.3. The summed E-state index contributed by atoms with van der Waals surface area (Å²) in [4.78, 5) is 25.0. The van der Waals surface area contributed by atoms with Gasteiger partial charge in [-0.1, -0.05) is 30.3 Å². The first-order valence-electron chi connectivity index (χ1n) is 7.15. The molecule has 112 valence electrons. The molecule has 0 saturated carbocycles. The van der Waals surface area contributed by atoms with Crippen molar-refractivity contribution in [2.75, 3.05) is 13.7 Å². The third-order valence-electron chi connectivity index (χ3n) is 3.80. The fourth-order valence-corrected chi connectivity index (χ4v) is 2.78. The highest BCUT2D eigenvalue weighted by Gasteiger charge is 2.39. The lowest BCUT2D eigenvalue weighted by Gasteiger charge is -2.13. The number of Topliss-reactive ketones (excluding diaryl/α,β-unsaturated/α-hetero) is 2. The highest BCUT2D eigenvalue weighted by Crippen LogP contribution is 2.37. The second kappa shape index (κ2) is 5.64. The number of ketones is 2. The van der Waals surface area contributed by atoms with Crippen molar-refractivity contribution < 1.29 is 19.1 Å². The van der Waals surface area contributed by atoms with Crippen molar-refractivity contribution in [3.05, 3.63) is 59.2 Å². The lowest BCUT2D eigenvalue weighted by Crippen LogP contribution is -2.13. The van der Waals surface area contributed by atoms with Gasteiger partial charge in [0.25, 0.3) is 0 Å². The molecule has 0 bridgehead atoms. The predicted octanol–water partition coefficient (Wildman–Crippen LogP) is 3.26. The van der Waals surface area contributed by atoms with E-state index < -0.39 is 5.92 Å². The minimum atomic E-state index is -0.790. The van der Waals surface area contributed by atoms with Crippen LogP contribution in [0.4, 0.5) is 0 Å². The van der Waals surface area contributed by atoms with Gasteiger partial charge in [0, 0.05) is 11.1 Å². The maximum Gasteiger partial charge on any atom is 0.178 e. The Labute approximate surface area is 128 Å². The van der Waals surface area contributed by atoms with Crippen LogP contribution in [0.3, 0.4) is 0 Å². The molecule has 4 heteroatoms. The molecule has 22 heavy (non-hydrogen) atoms. The van der Waals surface area contributed by atoms with Crippen LogP contribution in [0.5, 0.6) is 11.5 Å². The van der Waals surface area contributed by atoms with E-state index in [4.69, 9.17) is 9.47 Å². The van der Waals surface area contributed by atoms with Crippen LogP contribution in [0.25, 0.3) is 0 Å². The molecule has 0 radical (unpaired) electrons. The Hall–Kier alpha value is -2.62. The number of benzene rings is 2. The molecule has 0 saturated heterocycles. The largest absolute Gasteiger partial charge is 0.493 e. The van der Waals surface area contributed by atoms with Gasteiger partial charge < -0.3 is 9.47 Å². The van der Waals surface area contributed by atoms with Crippen LogP contribution in [0, 0.1) is 0 Å². The van der Waals surface area contributed by atoms with Crippen LogP contribution >= 0.6 is 0 Å². The lowest BCUT2D eigenvalue weighted by molar-refractivity contribution is 0.0890. The summed E-state index contributed by atoms with van der Waals surface area (Å²) in [6.45, 7) is 2.40. The van der Waals surface area contributed by atoms with Gasteiger partial charge in [0.15, 0.2) is 23.1 Å². The number of rotatable bonds is 4. The van der Waals surface area contributed by atoms with Gasteiger partial charge in [-0.15, -0.1) is 0 Å². The van der Waals surface area contributed by atoms with E-state index in [1.807, 2.05) is 6.92 Å². The number of hydrogen-bond donors (Lipinski definition) is 0. The third kappa shape index (κ3) is 2.17. The van der Waals surface area contributed by atoms with Gasteiger partial charge in [0.1, 0.15) is 5.92 Å². The Bertz CT molecular complexity index is 714. The molecule has 0 spiro atoms. The summed E-state index contributed by atoms with van der Waals surface area (Å²) in [6, 6.07) is 12.1. The maximum absolute atomic E-state index is 12.5. The number of methoxy groups -OCH3 is 1. The second-order valence-electron chi connectivity index (χ2n) is 5.05. The highest BCUT2D eigenvalue weighted by atomic mass is 16.5. The van der Waals surface area contributed by atoms with E-state index >= 15 is 0 Å². The molecular formula is C18H16O4. The molecule has 0 heterocycles. The molecule has 0 amide bonds. The molecule has 0 aromatic heterocycles. The minimum Gasteiger partial charge on any atom is -0.493 e. The van der Waals surface area contributed by atoms with Crippen molar-refractivity contribution in [2.45, 2.75) is 12.8 Å². The van der Waals surface area contributed by atoms with E-state index in [-0.39, 0.29) is 11.6 Å². The summed E-state index contributed by atoms with van der Waals surface area (Å²) < 4.78 is 10.8.